The Bertz CT molecular complexity index is 370. The molecule has 0 fully saturated rings. The van der Waals surface area contributed by atoms with E-state index < -0.39 is 0 Å². The van der Waals surface area contributed by atoms with Crippen molar-refractivity contribution in [2.45, 2.75) is 19.8 Å². The average Bonchev–Trinajstić information content (AvgIpc) is 2.30. The Morgan fingerprint density at radius 2 is 2.06 bits per heavy atom. The van der Waals surface area contributed by atoms with E-state index in [1.807, 2.05) is 12.1 Å². The Kier molecular flexibility index (Phi) is 5.84. The number of anilines is 1. The molecule has 92 valence electrons. The van der Waals surface area contributed by atoms with Crippen molar-refractivity contribution in [3.63, 3.8) is 0 Å². The lowest BCUT2D eigenvalue weighted by Crippen LogP contribution is -2.14. The van der Waals surface area contributed by atoms with Crippen LogP contribution in [0.2, 0.25) is 0 Å². The smallest absolute Gasteiger partial charge is 0.234 e. The highest BCUT2D eigenvalue weighted by Gasteiger charge is 2.03. The van der Waals surface area contributed by atoms with Gasteiger partial charge in [0.1, 0.15) is 0 Å². The first-order chi connectivity index (χ1) is 8.13. The predicted molar refractivity (Wildman–Crippen MR) is 76.7 cm³/mol. The maximum absolute atomic E-state index is 11.5. The van der Waals surface area contributed by atoms with Crippen LogP contribution < -0.4 is 5.32 Å². The van der Waals surface area contributed by atoms with Crippen LogP contribution in [0.15, 0.2) is 36.9 Å². The summed E-state index contributed by atoms with van der Waals surface area (Å²) in [4.78, 5) is 11.5. The summed E-state index contributed by atoms with van der Waals surface area (Å²) in [6.07, 6.45) is 1.80. The van der Waals surface area contributed by atoms with Crippen molar-refractivity contribution in [2.24, 2.45) is 0 Å². The lowest BCUT2D eigenvalue weighted by molar-refractivity contribution is -0.113. The number of rotatable bonds is 6. The Labute approximate surface area is 107 Å². The number of carbonyl (C=O) groups excluding carboxylic acids is 1. The first kappa shape index (κ1) is 13.8. The normalized spacial score (nSPS) is 10.3. The second kappa shape index (κ2) is 7.17. The van der Waals surface area contributed by atoms with Gasteiger partial charge < -0.3 is 5.32 Å². The zero-order valence-corrected chi connectivity index (χ0v) is 11.2. The number of nitrogens with one attached hydrogen (secondary N) is 1. The minimum absolute atomic E-state index is 0.0362. The monoisotopic (exact) mass is 249 g/mol. The second-order valence-electron chi connectivity index (χ2n) is 4.13. The van der Waals surface area contributed by atoms with Crippen molar-refractivity contribution >= 4 is 23.4 Å². The number of benzene rings is 1. The molecule has 2 nitrogen and oxygen atoms in total. The molecule has 1 aromatic rings. The van der Waals surface area contributed by atoms with Gasteiger partial charge in [-0.3, -0.25) is 4.79 Å². The Hall–Kier alpha value is -1.22. The van der Waals surface area contributed by atoms with E-state index in [0.29, 0.717) is 11.7 Å². The summed E-state index contributed by atoms with van der Waals surface area (Å²) in [5, 5.41) is 2.87. The number of hydrogen-bond acceptors (Lipinski definition) is 2. The Morgan fingerprint density at radius 1 is 1.41 bits per heavy atom. The molecule has 0 saturated heterocycles. The highest BCUT2D eigenvalue weighted by molar-refractivity contribution is 8.00. The first-order valence-corrected chi connectivity index (χ1v) is 6.87. The molecule has 1 rings (SSSR count). The number of carbonyl (C=O) groups is 1. The fraction of sp³-hybridized carbons (Fsp3) is 0.357. The van der Waals surface area contributed by atoms with Gasteiger partial charge in [0, 0.05) is 11.4 Å². The van der Waals surface area contributed by atoms with E-state index >= 15 is 0 Å². The van der Waals surface area contributed by atoms with Gasteiger partial charge in [-0.1, -0.05) is 32.1 Å². The molecule has 0 spiro atoms. The molecule has 0 heterocycles. The summed E-state index contributed by atoms with van der Waals surface area (Å²) in [5.74, 6) is 1.83. The molecule has 0 radical (unpaired) electrons. The molecule has 1 aromatic carbocycles. The van der Waals surface area contributed by atoms with E-state index in [0.717, 1.165) is 11.4 Å². The summed E-state index contributed by atoms with van der Waals surface area (Å²) in [5.41, 5.74) is 2.14. The molecule has 0 saturated carbocycles. The van der Waals surface area contributed by atoms with Gasteiger partial charge in [0.2, 0.25) is 5.91 Å². The van der Waals surface area contributed by atoms with E-state index in [-0.39, 0.29) is 5.91 Å². The molecule has 0 aliphatic heterocycles. The molecule has 17 heavy (non-hydrogen) atoms. The first-order valence-electron chi connectivity index (χ1n) is 5.72. The molecular weight excluding hydrogens is 230 g/mol. The second-order valence-corrected chi connectivity index (χ2v) is 5.16. The van der Waals surface area contributed by atoms with Crippen LogP contribution in [-0.2, 0) is 4.79 Å². The summed E-state index contributed by atoms with van der Waals surface area (Å²) >= 11 is 1.56. The van der Waals surface area contributed by atoms with Gasteiger partial charge in [-0.25, -0.2) is 0 Å². The topological polar surface area (TPSA) is 29.1 Å². The molecule has 3 heteroatoms. The van der Waals surface area contributed by atoms with Crippen molar-refractivity contribution in [1.29, 1.82) is 0 Å². The minimum Gasteiger partial charge on any atom is -0.325 e. The standard InChI is InChI=1S/C14H19NOS/c1-4-9-17-10-14(16)15-13-7-5-12(6-8-13)11(2)3/h4-8,11H,1,9-10H2,2-3H3,(H,15,16). The molecule has 0 aromatic heterocycles. The minimum atomic E-state index is 0.0362. The third-order valence-corrected chi connectivity index (χ3v) is 3.27. The molecule has 1 amide bonds. The van der Waals surface area contributed by atoms with Gasteiger partial charge in [-0.2, -0.15) is 0 Å². The fourth-order valence-corrected chi connectivity index (χ4v) is 1.93. The molecule has 0 unspecified atom stereocenters. The van der Waals surface area contributed by atoms with Crippen molar-refractivity contribution < 1.29 is 4.79 Å². The van der Waals surface area contributed by atoms with E-state index in [1.54, 1.807) is 17.8 Å². The van der Waals surface area contributed by atoms with Crippen LogP contribution in [0.4, 0.5) is 5.69 Å². The Balaban J connectivity index is 2.45. The molecule has 0 atom stereocenters. The largest absolute Gasteiger partial charge is 0.325 e. The predicted octanol–water partition coefficient (Wildman–Crippen LogP) is 3.67. The van der Waals surface area contributed by atoms with Gasteiger partial charge >= 0.3 is 0 Å². The van der Waals surface area contributed by atoms with Crippen LogP contribution >= 0.6 is 11.8 Å². The zero-order valence-electron chi connectivity index (χ0n) is 10.4. The van der Waals surface area contributed by atoms with E-state index in [2.05, 4.69) is 37.9 Å². The lowest BCUT2D eigenvalue weighted by Gasteiger charge is -2.08. The molecule has 0 aliphatic rings. The van der Waals surface area contributed by atoms with E-state index in [1.165, 1.54) is 5.56 Å². The van der Waals surface area contributed by atoms with Crippen LogP contribution in [0.25, 0.3) is 0 Å². The van der Waals surface area contributed by atoms with Crippen LogP contribution in [0.3, 0.4) is 0 Å². The summed E-state index contributed by atoms with van der Waals surface area (Å²) < 4.78 is 0. The Morgan fingerprint density at radius 3 is 2.59 bits per heavy atom. The molecular formula is C14H19NOS. The number of thioether (sulfide) groups is 1. The summed E-state index contributed by atoms with van der Waals surface area (Å²) in [7, 11) is 0. The van der Waals surface area contributed by atoms with Crippen LogP contribution in [0.5, 0.6) is 0 Å². The van der Waals surface area contributed by atoms with Crippen molar-refractivity contribution in [2.75, 3.05) is 16.8 Å². The maximum atomic E-state index is 11.5. The molecule has 0 bridgehead atoms. The zero-order chi connectivity index (χ0) is 12.7. The van der Waals surface area contributed by atoms with Gasteiger partial charge in [0.05, 0.1) is 5.75 Å². The van der Waals surface area contributed by atoms with Crippen molar-refractivity contribution in [3.05, 3.63) is 42.5 Å². The van der Waals surface area contributed by atoms with Gasteiger partial charge in [0.15, 0.2) is 0 Å². The van der Waals surface area contributed by atoms with Crippen LogP contribution in [0.1, 0.15) is 25.3 Å². The van der Waals surface area contributed by atoms with Crippen LogP contribution in [-0.4, -0.2) is 17.4 Å². The molecule has 1 N–H and O–H groups in total. The summed E-state index contributed by atoms with van der Waals surface area (Å²) in [6.45, 7) is 7.92. The fourth-order valence-electron chi connectivity index (χ4n) is 1.38. The SMILES string of the molecule is C=CCSCC(=O)Nc1ccc(C(C)C)cc1. The van der Waals surface area contributed by atoms with Gasteiger partial charge in [-0.05, 0) is 23.6 Å². The van der Waals surface area contributed by atoms with Crippen molar-refractivity contribution in [1.82, 2.24) is 0 Å². The average molecular weight is 249 g/mol. The number of amides is 1. The maximum Gasteiger partial charge on any atom is 0.234 e. The highest BCUT2D eigenvalue weighted by Crippen LogP contribution is 2.17. The quantitative estimate of drug-likeness (QED) is 0.615. The van der Waals surface area contributed by atoms with E-state index in [9.17, 15) is 4.79 Å². The lowest BCUT2D eigenvalue weighted by atomic mass is 10.0. The third-order valence-electron chi connectivity index (χ3n) is 2.33. The molecule has 0 aliphatic carbocycles. The summed E-state index contributed by atoms with van der Waals surface area (Å²) in [6, 6.07) is 8.01. The third kappa shape index (κ3) is 5.09. The van der Waals surface area contributed by atoms with Gasteiger partial charge in [-0.15, -0.1) is 18.3 Å². The van der Waals surface area contributed by atoms with Crippen molar-refractivity contribution in [3.8, 4) is 0 Å². The number of hydrogen-bond donors (Lipinski definition) is 1. The van der Waals surface area contributed by atoms with E-state index in [4.69, 9.17) is 0 Å². The van der Waals surface area contributed by atoms with Crippen LogP contribution in [0, 0.1) is 0 Å². The van der Waals surface area contributed by atoms with Gasteiger partial charge in [0.25, 0.3) is 0 Å². The highest BCUT2D eigenvalue weighted by atomic mass is 32.2.